The van der Waals surface area contributed by atoms with E-state index in [9.17, 15) is 54.0 Å². The molecule has 6 heterocycles. The summed E-state index contributed by atoms with van der Waals surface area (Å²) in [4.78, 5) is 91.3. The highest BCUT2D eigenvalue weighted by Crippen LogP contribution is 2.43. The van der Waals surface area contributed by atoms with Gasteiger partial charge in [0.25, 0.3) is 25.8 Å². The number of hydrogen-bond donors (Lipinski definition) is 4. The first-order valence-corrected chi connectivity index (χ1v) is 44.3. The Morgan fingerprint density at radius 2 is 1.41 bits per heavy atom. The molecule has 0 radical (unpaired) electrons. The lowest BCUT2D eigenvalue weighted by Crippen LogP contribution is -2.60. The van der Waals surface area contributed by atoms with E-state index in [0.717, 1.165) is 115 Å². The number of halogens is 4. The molecule has 1 unspecified atom stereocenters. The van der Waals surface area contributed by atoms with Crippen molar-refractivity contribution in [2.45, 2.75) is 136 Å². The predicted molar refractivity (Wildman–Crippen MR) is 437 cm³/mol. The molecule has 610 valence electrons. The third kappa shape index (κ3) is 21.6. The number of thioether (sulfide) groups is 1. The zero-order valence-electron chi connectivity index (χ0n) is 65.2. The summed E-state index contributed by atoms with van der Waals surface area (Å²) in [5.41, 5.74) is 2.36. The first-order chi connectivity index (χ1) is 53.9. The molecule has 4 N–H and O–H groups in total. The molecular weight excluding hydrogens is 1550 g/mol. The summed E-state index contributed by atoms with van der Waals surface area (Å²) in [7, 11) is -11.0. The van der Waals surface area contributed by atoms with Gasteiger partial charge in [-0.3, -0.25) is 43.6 Å². The van der Waals surface area contributed by atoms with E-state index in [4.69, 9.17) is 16.3 Å². The van der Waals surface area contributed by atoms with Gasteiger partial charge in [0.2, 0.25) is 23.6 Å². The molecule has 5 amide bonds. The number of likely N-dealkylation sites (tertiary alicyclic amines) is 1. The van der Waals surface area contributed by atoms with Crippen molar-refractivity contribution in [1.82, 2.24) is 54.6 Å². The van der Waals surface area contributed by atoms with E-state index in [1.54, 1.807) is 28.4 Å². The maximum atomic E-state index is 14.5. The Kier molecular flexibility index (Phi) is 27.9. The number of aromatic nitrogens is 1. The topological polar surface area (TPSA) is 250 Å². The molecule has 5 saturated heterocycles. The zero-order chi connectivity index (χ0) is 80.4. The Hall–Kier alpha value is -7.49. The molecule has 1 aliphatic carbocycles. The number of sulfonamides is 1. The summed E-state index contributed by atoms with van der Waals surface area (Å²) in [6, 6.07) is 31.9. The molecule has 12 rings (SSSR count). The number of ether oxygens (including phenoxy) is 1. The van der Waals surface area contributed by atoms with Gasteiger partial charge in [0.05, 0.1) is 52.4 Å². The molecule has 6 aromatic rings. The van der Waals surface area contributed by atoms with Gasteiger partial charge in [0.15, 0.2) is 0 Å². The fraction of sp³-hybridized carbons (Fsp3) is 0.512. The third-order valence-corrected chi connectivity index (χ3v) is 28.0. The number of nitrogens with one attached hydrogen (secondary N) is 4. The van der Waals surface area contributed by atoms with Crippen molar-refractivity contribution in [2.24, 2.45) is 5.41 Å². The molecular formula is C82H105ClF3N13O10S4. The van der Waals surface area contributed by atoms with Crippen LogP contribution in [0.2, 0.25) is 5.02 Å². The standard InChI is InChI=1S/C82H105ClF3N13O10S4/c1-57(59-15-17-61(18-16-59)75-58(2)87-56-111-75)88-78(103)71-14-10-33-99(71)79(104)76(80(3,4)5)90-73(100)53-94-35-37-95(38-36-94)54-74(101)97-43-45-98(46-44-97)81(6)31-29-69(60-19-23-64(83)24-20-60)63(51-81)52-93-39-41-96(42-40-93)66-25-21-62(22-26-66)77(102)91-113(107,108)68-27-28-70(72(50-68)112(105,106)82(84,85)86)89-65(55-110-67-12-8-7-9-13-67)30-34-92-32-11-48-109-49-47-92/h7-9,12-13,15-28,50,56-57,65,71,76,89H,10-11,14,29-49,51-55H2,1-6H3,(H,88,103)(H,90,100)(H,91,102)/t57-,65?,71-,76+,81+/m0/s1. The van der Waals surface area contributed by atoms with Crippen LogP contribution in [-0.2, 0) is 43.8 Å². The molecule has 0 saturated carbocycles. The number of sulfone groups is 1. The molecule has 0 bridgehead atoms. The van der Waals surface area contributed by atoms with Gasteiger partial charge in [-0.05, 0) is 160 Å². The van der Waals surface area contributed by atoms with Crippen LogP contribution >= 0.6 is 34.7 Å². The zero-order valence-corrected chi connectivity index (χ0v) is 69.2. The summed E-state index contributed by atoms with van der Waals surface area (Å²) >= 11 is 9.45. The summed E-state index contributed by atoms with van der Waals surface area (Å²) in [6.07, 6.45) is 5.05. The van der Waals surface area contributed by atoms with E-state index < -0.39 is 70.3 Å². The van der Waals surface area contributed by atoms with Crippen molar-refractivity contribution in [3.63, 3.8) is 0 Å². The third-order valence-electron chi connectivity index (χ3n) is 22.8. The Balaban J connectivity index is 0.602. The van der Waals surface area contributed by atoms with E-state index in [0.29, 0.717) is 121 Å². The van der Waals surface area contributed by atoms with E-state index in [1.165, 1.54) is 35.0 Å². The number of amides is 5. The summed E-state index contributed by atoms with van der Waals surface area (Å²) in [5.74, 6) is -1.38. The number of nitrogens with zero attached hydrogens (tertiary/aromatic N) is 9. The van der Waals surface area contributed by atoms with Gasteiger partial charge >= 0.3 is 5.51 Å². The lowest BCUT2D eigenvalue weighted by Gasteiger charge is -2.49. The Labute approximate surface area is 675 Å². The molecule has 0 spiro atoms. The minimum absolute atomic E-state index is 0.0403. The molecule has 5 fully saturated rings. The number of alkyl halides is 3. The van der Waals surface area contributed by atoms with Crippen LogP contribution in [0.1, 0.15) is 113 Å². The predicted octanol–water partition coefficient (Wildman–Crippen LogP) is 10.5. The summed E-state index contributed by atoms with van der Waals surface area (Å²) in [5, 5.41) is 9.90. The van der Waals surface area contributed by atoms with Crippen molar-refractivity contribution in [3.05, 3.63) is 160 Å². The fourth-order valence-corrected chi connectivity index (χ4v) is 20.0. The first kappa shape index (κ1) is 84.9. The van der Waals surface area contributed by atoms with Crippen LogP contribution in [0.3, 0.4) is 0 Å². The highest BCUT2D eigenvalue weighted by molar-refractivity contribution is 7.99. The first-order valence-electron chi connectivity index (χ1n) is 39.1. The lowest BCUT2D eigenvalue weighted by molar-refractivity contribution is -0.144. The number of hydrogen-bond acceptors (Lipinski definition) is 20. The number of thiazole rings is 1. The maximum absolute atomic E-state index is 14.5. The van der Waals surface area contributed by atoms with Crippen molar-refractivity contribution >= 4 is 101 Å². The second-order valence-electron chi connectivity index (χ2n) is 31.8. The van der Waals surface area contributed by atoms with Gasteiger partial charge in [-0.2, -0.15) is 13.2 Å². The molecule has 5 aromatic carbocycles. The number of benzene rings is 5. The van der Waals surface area contributed by atoms with Crippen LogP contribution < -0.4 is 25.6 Å². The van der Waals surface area contributed by atoms with E-state index in [-0.39, 0.29) is 53.9 Å². The number of aryl methyl sites for hydroxylation is 1. The number of anilines is 2. The van der Waals surface area contributed by atoms with E-state index >= 15 is 0 Å². The van der Waals surface area contributed by atoms with Crippen LogP contribution in [0.15, 0.2) is 147 Å². The van der Waals surface area contributed by atoms with Gasteiger partial charge in [-0.1, -0.05) is 92.5 Å². The minimum atomic E-state index is -6.12. The van der Waals surface area contributed by atoms with E-state index in [1.807, 2.05) is 116 Å². The lowest BCUT2D eigenvalue weighted by atomic mass is 9.75. The van der Waals surface area contributed by atoms with Gasteiger partial charge in [0.1, 0.15) is 17.0 Å². The van der Waals surface area contributed by atoms with Gasteiger partial charge < -0.3 is 40.3 Å². The Morgan fingerprint density at radius 3 is 2.07 bits per heavy atom. The Morgan fingerprint density at radius 1 is 0.735 bits per heavy atom. The number of allylic oxidation sites excluding steroid dienone is 1. The average Bonchev–Trinajstić information content (AvgIpc) is 0.851. The largest absolute Gasteiger partial charge is 0.501 e. The van der Waals surface area contributed by atoms with Crippen molar-refractivity contribution in [1.29, 1.82) is 0 Å². The highest BCUT2D eigenvalue weighted by Gasteiger charge is 2.49. The number of carbonyl (C=O) groups excluding carboxylic acids is 5. The van der Waals surface area contributed by atoms with Crippen LogP contribution in [0.25, 0.3) is 16.0 Å². The van der Waals surface area contributed by atoms with Crippen LogP contribution in [0.4, 0.5) is 24.5 Å². The van der Waals surface area contributed by atoms with Crippen LogP contribution in [-0.4, -0.2) is 258 Å². The number of carbonyl (C=O) groups is 5. The van der Waals surface area contributed by atoms with Gasteiger partial charge in [0, 0.05) is 156 Å². The smallest absolute Gasteiger partial charge is 0.380 e. The highest BCUT2D eigenvalue weighted by atomic mass is 35.5. The van der Waals surface area contributed by atoms with Crippen molar-refractivity contribution in [2.75, 3.05) is 154 Å². The normalized spacial score (nSPS) is 20.7. The minimum Gasteiger partial charge on any atom is -0.380 e. The van der Waals surface area contributed by atoms with Gasteiger partial charge in [-0.15, -0.1) is 23.1 Å². The monoisotopic (exact) mass is 1650 g/mol. The van der Waals surface area contributed by atoms with Crippen LogP contribution in [0.5, 0.6) is 0 Å². The van der Waals surface area contributed by atoms with E-state index in [2.05, 4.69) is 69.4 Å². The molecule has 6 aliphatic rings. The molecule has 5 aliphatic heterocycles. The second-order valence-corrected chi connectivity index (χ2v) is 37.7. The SMILES string of the molecule is Cc1ncsc1-c1ccc([C@H](C)NC(=O)[C@@H]2CCCN2C(=O)[C@@H](NC(=O)CN2CCN(CC(=O)N3CCN([C@]4(C)CCC(c5ccc(Cl)cc5)=C(CN5CCN(c6ccc(C(=O)NS(=O)(=O)c7ccc(NC(CCN8CCCOCC8)CSc8ccccc8)c(S(=O)(=O)C(F)(F)F)c7)cc6)CC5)C4)CC3)CC2)C(C)(C)C)cc1. The molecule has 23 nitrogen and oxygen atoms in total. The van der Waals surface area contributed by atoms with Crippen LogP contribution in [0, 0.1) is 12.3 Å². The number of rotatable bonds is 27. The molecule has 113 heavy (non-hydrogen) atoms. The second kappa shape index (κ2) is 37.2. The molecule has 31 heteroatoms. The maximum Gasteiger partial charge on any atom is 0.501 e. The quantitative estimate of drug-likeness (QED) is 0.0350. The fourth-order valence-electron chi connectivity index (χ4n) is 16.1. The van der Waals surface area contributed by atoms with Crippen molar-refractivity contribution in [3.8, 4) is 10.4 Å². The summed E-state index contributed by atoms with van der Waals surface area (Å²) in [6.45, 7) is 24.5. The summed E-state index contributed by atoms with van der Waals surface area (Å²) < 4.78 is 105. The van der Waals surface area contributed by atoms with Gasteiger partial charge in [-0.25, -0.2) is 26.5 Å². The van der Waals surface area contributed by atoms with Crippen molar-refractivity contribution < 1.29 is 58.7 Å². The number of piperazine rings is 3. The average molecular weight is 1650 g/mol. The Bertz CT molecular complexity index is 4570. The molecule has 1 aromatic heterocycles. The molecule has 5 atom stereocenters.